The van der Waals surface area contributed by atoms with Crippen LogP contribution in [0, 0.1) is 0 Å². The fourth-order valence-corrected chi connectivity index (χ4v) is 2.80. The van der Waals surface area contributed by atoms with E-state index in [4.69, 9.17) is 27.9 Å². The van der Waals surface area contributed by atoms with Gasteiger partial charge in [0.1, 0.15) is 5.84 Å². The number of para-hydroxylation sites is 1. The molecule has 0 aliphatic carbocycles. The van der Waals surface area contributed by atoms with Gasteiger partial charge in [0.2, 0.25) is 0 Å². The van der Waals surface area contributed by atoms with Crippen molar-refractivity contribution < 1.29 is 4.74 Å². The van der Waals surface area contributed by atoms with Crippen molar-refractivity contribution >= 4 is 29.0 Å². The number of ether oxygens (including phenoxy) is 1. The number of rotatable bonds is 3. The van der Waals surface area contributed by atoms with Crippen LogP contribution in [0.2, 0.25) is 10.0 Å². The Morgan fingerprint density at radius 3 is 2.40 bits per heavy atom. The lowest BCUT2D eigenvalue weighted by molar-refractivity contribution is 0.213. The van der Waals surface area contributed by atoms with Crippen molar-refractivity contribution in [3.63, 3.8) is 0 Å². The Labute approximate surface area is 130 Å². The minimum Gasteiger partial charge on any atom is -0.480 e. The third kappa shape index (κ3) is 3.21. The van der Waals surface area contributed by atoms with E-state index in [-0.39, 0.29) is 11.6 Å². The fourth-order valence-electron chi connectivity index (χ4n) is 2.32. The number of amidine groups is 1. The molecule has 0 spiro atoms. The van der Waals surface area contributed by atoms with Crippen LogP contribution in [0.5, 0.6) is 5.75 Å². The average molecular weight is 315 g/mol. The average Bonchev–Trinajstić information content (AvgIpc) is 2.82. The maximum Gasteiger partial charge on any atom is 0.157 e. The van der Waals surface area contributed by atoms with Crippen LogP contribution in [0.4, 0.5) is 0 Å². The molecular weight excluding hydrogens is 295 g/mol. The van der Waals surface area contributed by atoms with Crippen LogP contribution in [0.3, 0.4) is 0 Å². The third-order valence-corrected chi connectivity index (χ3v) is 3.86. The van der Waals surface area contributed by atoms with Crippen LogP contribution < -0.4 is 4.74 Å². The zero-order valence-electron chi connectivity index (χ0n) is 12.3. The molecule has 0 aromatic heterocycles. The third-order valence-electron chi connectivity index (χ3n) is 3.26. The summed E-state index contributed by atoms with van der Waals surface area (Å²) in [5.74, 6) is 1.47. The van der Waals surface area contributed by atoms with Gasteiger partial charge in [-0.15, -0.1) is 0 Å². The van der Waals surface area contributed by atoms with E-state index in [0.29, 0.717) is 15.8 Å². The van der Waals surface area contributed by atoms with E-state index in [1.807, 2.05) is 6.92 Å². The van der Waals surface area contributed by atoms with E-state index in [0.717, 1.165) is 18.9 Å². The van der Waals surface area contributed by atoms with E-state index in [1.165, 1.54) is 0 Å². The minimum atomic E-state index is -0.186. The van der Waals surface area contributed by atoms with Gasteiger partial charge in [0.05, 0.1) is 16.6 Å². The Morgan fingerprint density at radius 1 is 1.25 bits per heavy atom. The summed E-state index contributed by atoms with van der Waals surface area (Å²) in [5, 5.41) is 1.04. The topological polar surface area (TPSA) is 24.8 Å². The highest BCUT2D eigenvalue weighted by atomic mass is 35.5. The smallest absolute Gasteiger partial charge is 0.157 e. The fraction of sp³-hybridized carbons (Fsp3) is 0.533. The molecular formula is C15H20Cl2N2O. The first-order valence-electron chi connectivity index (χ1n) is 6.73. The minimum absolute atomic E-state index is 0.0250. The molecule has 0 N–H and O–H groups in total. The maximum absolute atomic E-state index is 6.14. The Kier molecular flexibility index (Phi) is 4.50. The predicted molar refractivity (Wildman–Crippen MR) is 85.3 cm³/mol. The lowest BCUT2D eigenvalue weighted by atomic mass is 10.1. The molecule has 0 saturated carbocycles. The molecule has 3 nitrogen and oxygen atoms in total. The molecule has 0 bridgehead atoms. The van der Waals surface area contributed by atoms with Crippen molar-refractivity contribution in [2.45, 2.75) is 39.3 Å². The first-order chi connectivity index (χ1) is 9.30. The van der Waals surface area contributed by atoms with Crippen molar-refractivity contribution in [2.75, 3.05) is 13.1 Å². The maximum atomic E-state index is 6.14. The van der Waals surface area contributed by atoms with Gasteiger partial charge in [-0.1, -0.05) is 29.3 Å². The molecule has 0 saturated heterocycles. The summed E-state index contributed by atoms with van der Waals surface area (Å²) in [4.78, 5) is 6.84. The molecule has 5 heteroatoms. The molecule has 0 fully saturated rings. The molecule has 110 valence electrons. The molecule has 0 amide bonds. The molecule has 1 aliphatic heterocycles. The summed E-state index contributed by atoms with van der Waals surface area (Å²) in [5.41, 5.74) is 0.0250. The van der Waals surface area contributed by atoms with E-state index in [9.17, 15) is 0 Å². The van der Waals surface area contributed by atoms with E-state index >= 15 is 0 Å². The highest BCUT2D eigenvalue weighted by Gasteiger charge is 2.32. The van der Waals surface area contributed by atoms with E-state index < -0.39 is 0 Å². The Hall–Kier alpha value is -0.930. The number of nitrogens with zero attached hydrogens (tertiary/aromatic N) is 2. The SMILES string of the molecule is CC(Oc1c(Cl)cccc1Cl)C1=NCCN1C(C)(C)C. The number of hydrogen-bond acceptors (Lipinski definition) is 3. The molecule has 0 radical (unpaired) electrons. The Morgan fingerprint density at radius 2 is 1.85 bits per heavy atom. The standard InChI is InChI=1S/C15H20Cl2N2O/c1-10(14-18-8-9-19(14)15(2,3)4)20-13-11(16)6-5-7-12(13)17/h5-7,10H,8-9H2,1-4H3. The quantitative estimate of drug-likeness (QED) is 0.832. The zero-order valence-corrected chi connectivity index (χ0v) is 13.8. The van der Waals surface area contributed by atoms with E-state index in [1.54, 1.807) is 18.2 Å². The largest absolute Gasteiger partial charge is 0.480 e. The second-order valence-electron chi connectivity index (χ2n) is 5.87. The molecule has 1 atom stereocenters. The summed E-state index contributed by atoms with van der Waals surface area (Å²) in [6.45, 7) is 10.2. The van der Waals surface area contributed by atoms with Crippen molar-refractivity contribution in [1.82, 2.24) is 4.90 Å². The monoisotopic (exact) mass is 314 g/mol. The van der Waals surface area contributed by atoms with Gasteiger partial charge < -0.3 is 9.64 Å². The lowest BCUT2D eigenvalue weighted by Gasteiger charge is -2.36. The molecule has 1 heterocycles. The van der Waals surface area contributed by atoms with Crippen LogP contribution >= 0.6 is 23.2 Å². The van der Waals surface area contributed by atoms with Crippen LogP contribution in [0.25, 0.3) is 0 Å². The highest BCUT2D eigenvalue weighted by Crippen LogP contribution is 2.34. The molecule has 20 heavy (non-hydrogen) atoms. The predicted octanol–water partition coefficient (Wildman–Crippen LogP) is 4.27. The van der Waals surface area contributed by atoms with Crippen LogP contribution in [0.1, 0.15) is 27.7 Å². The van der Waals surface area contributed by atoms with Crippen molar-refractivity contribution in [3.05, 3.63) is 28.2 Å². The van der Waals surface area contributed by atoms with Crippen LogP contribution in [-0.4, -0.2) is 35.5 Å². The van der Waals surface area contributed by atoms with Gasteiger partial charge in [-0.2, -0.15) is 0 Å². The van der Waals surface area contributed by atoms with Gasteiger partial charge in [-0.05, 0) is 39.8 Å². The van der Waals surface area contributed by atoms with Crippen molar-refractivity contribution in [3.8, 4) is 5.75 Å². The van der Waals surface area contributed by atoms with Gasteiger partial charge >= 0.3 is 0 Å². The second kappa shape index (κ2) is 5.82. The van der Waals surface area contributed by atoms with Crippen LogP contribution in [-0.2, 0) is 0 Å². The van der Waals surface area contributed by atoms with E-state index in [2.05, 4.69) is 30.7 Å². The number of hydrogen-bond donors (Lipinski definition) is 0. The summed E-state index contributed by atoms with van der Waals surface area (Å²) >= 11 is 12.3. The summed E-state index contributed by atoms with van der Waals surface area (Å²) in [6.07, 6.45) is -0.186. The molecule has 1 aromatic rings. The van der Waals surface area contributed by atoms with Crippen LogP contribution in [0.15, 0.2) is 23.2 Å². The van der Waals surface area contributed by atoms with Crippen molar-refractivity contribution in [2.24, 2.45) is 4.99 Å². The zero-order chi connectivity index (χ0) is 14.9. The highest BCUT2D eigenvalue weighted by molar-refractivity contribution is 6.37. The first kappa shape index (κ1) is 15.5. The number of aliphatic imine (C=N–C) groups is 1. The lowest BCUT2D eigenvalue weighted by Crippen LogP contribution is -2.48. The Balaban J connectivity index is 2.18. The van der Waals surface area contributed by atoms with Gasteiger partial charge in [0.25, 0.3) is 0 Å². The van der Waals surface area contributed by atoms with Gasteiger partial charge in [0.15, 0.2) is 11.9 Å². The van der Waals surface area contributed by atoms with Crippen molar-refractivity contribution in [1.29, 1.82) is 0 Å². The summed E-state index contributed by atoms with van der Waals surface area (Å²) < 4.78 is 5.95. The second-order valence-corrected chi connectivity index (χ2v) is 6.69. The molecule has 1 unspecified atom stereocenters. The number of benzene rings is 1. The van der Waals surface area contributed by atoms with Gasteiger partial charge in [-0.3, -0.25) is 4.99 Å². The Bertz CT molecular complexity index is 503. The summed E-state index contributed by atoms with van der Waals surface area (Å²) in [7, 11) is 0. The molecule has 2 rings (SSSR count). The molecule has 1 aliphatic rings. The van der Waals surface area contributed by atoms with Gasteiger partial charge in [0, 0.05) is 12.1 Å². The normalized spacial score (nSPS) is 17.1. The van der Waals surface area contributed by atoms with Gasteiger partial charge in [-0.25, -0.2) is 0 Å². The molecule has 1 aromatic carbocycles. The summed E-state index contributed by atoms with van der Waals surface area (Å²) in [6, 6.07) is 5.34. The number of halogens is 2. The first-order valence-corrected chi connectivity index (χ1v) is 7.49.